The van der Waals surface area contributed by atoms with Crippen LogP contribution in [-0.4, -0.2) is 25.0 Å². The number of rotatable bonds is 6. The van der Waals surface area contributed by atoms with Crippen LogP contribution in [0.3, 0.4) is 0 Å². The lowest BCUT2D eigenvalue weighted by molar-refractivity contribution is -0.120. The van der Waals surface area contributed by atoms with E-state index in [4.69, 9.17) is 5.73 Å². The third-order valence-electron chi connectivity index (χ3n) is 2.77. The van der Waals surface area contributed by atoms with Gasteiger partial charge in [-0.1, -0.05) is 12.1 Å². The maximum Gasteiger partial charge on any atom is 0.239 e. The Bertz CT molecular complexity index is 435. The predicted octanol–water partition coefficient (Wildman–Crippen LogP) is 1.64. The Morgan fingerprint density at radius 2 is 2.16 bits per heavy atom. The molecule has 0 unspecified atom stereocenters. The summed E-state index contributed by atoms with van der Waals surface area (Å²) in [5, 5.41) is 2.80. The van der Waals surface area contributed by atoms with Crippen molar-refractivity contribution in [2.75, 3.05) is 18.0 Å². The Hall–Kier alpha value is -1.62. The summed E-state index contributed by atoms with van der Waals surface area (Å²) in [6.45, 7) is 6.58. The van der Waals surface area contributed by atoms with Crippen LogP contribution in [0.4, 0.5) is 10.1 Å². The van der Waals surface area contributed by atoms with Crippen molar-refractivity contribution in [3.63, 3.8) is 0 Å². The molecule has 0 saturated heterocycles. The number of hydrogen-bond acceptors (Lipinski definition) is 3. The third kappa shape index (κ3) is 4.21. The average Bonchev–Trinajstić information content (AvgIpc) is 2.35. The Kier molecular flexibility index (Phi) is 5.76. The lowest BCUT2D eigenvalue weighted by Crippen LogP contribution is -2.40. The van der Waals surface area contributed by atoms with E-state index in [-0.39, 0.29) is 30.9 Å². The van der Waals surface area contributed by atoms with Crippen molar-refractivity contribution in [3.05, 3.63) is 29.6 Å². The molecule has 1 amide bonds. The fraction of sp³-hybridized carbons (Fsp3) is 0.500. The molecule has 1 rings (SSSR count). The molecule has 0 aromatic heterocycles. The molecular formula is C14H22FN3O. The van der Waals surface area contributed by atoms with Gasteiger partial charge in [-0.2, -0.15) is 0 Å². The van der Waals surface area contributed by atoms with Crippen LogP contribution < -0.4 is 16.0 Å². The standard InChI is InChI=1S/C14H22FN3O/c1-4-18(9-13(19)17-10(2)3)14-11(8-16)6-5-7-12(14)15/h5-7,10H,4,8-9,16H2,1-3H3,(H,17,19). The van der Waals surface area contributed by atoms with Crippen molar-refractivity contribution < 1.29 is 9.18 Å². The number of anilines is 1. The van der Waals surface area contributed by atoms with E-state index in [0.29, 0.717) is 17.8 Å². The van der Waals surface area contributed by atoms with Crippen molar-refractivity contribution in [3.8, 4) is 0 Å². The molecule has 0 atom stereocenters. The minimum absolute atomic E-state index is 0.0702. The SMILES string of the molecule is CCN(CC(=O)NC(C)C)c1c(F)cccc1CN. The third-order valence-corrected chi connectivity index (χ3v) is 2.77. The van der Waals surface area contributed by atoms with Gasteiger partial charge in [-0.05, 0) is 32.4 Å². The largest absolute Gasteiger partial charge is 0.360 e. The van der Waals surface area contributed by atoms with Crippen molar-refractivity contribution in [1.29, 1.82) is 0 Å². The molecule has 3 N–H and O–H groups in total. The van der Waals surface area contributed by atoms with Crippen LogP contribution in [-0.2, 0) is 11.3 Å². The Morgan fingerprint density at radius 3 is 2.68 bits per heavy atom. The summed E-state index contributed by atoms with van der Waals surface area (Å²) in [5.74, 6) is -0.467. The van der Waals surface area contributed by atoms with Gasteiger partial charge in [0.05, 0.1) is 12.2 Å². The summed E-state index contributed by atoms with van der Waals surface area (Å²) in [6.07, 6.45) is 0. The lowest BCUT2D eigenvalue weighted by atomic mass is 10.1. The number of nitrogens with two attached hydrogens (primary N) is 1. The molecule has 0 radical (unpaired) electrons. The van der Waals surface area contributed by atoms with E-state index in [1.807, 2.05) is 20.8 Å². The van der Waals surface area contributed by atoms with Crippen molar-refractivity contribution in [1.82, 2.24) is 5.32 Å². The van der Waals surface area contributed by atoms with Gasteiger partial charge in [0.15, 0.2) is 0 Å². The monoisotopic (exact) mass is 267 g/mol. The zero-order chi connectivity index (χ0) is 14.4. The molecule has 0 heterocycles. The zero-order valence-electron chi connectivity index (χ0n) is 11.7. The Morgan fingerprint density at radius 1 is 1.47 bits per heavy atom. The molecule has 1 aromatic carbocycles. The molecule has 5 heteroatoms. The van der Waals surface area contributed by atoms with Crippen LogP contribution in [0.5, 0.6) is 0 Å². The number of halogens is 1. The highest BCUT2D eigenvalue weighted by Gasteiger charge is 2.17. The van der Waals surface area contributed by atoms with Gasteiger partial charge >= 0.3 is 0 Å². The first kappa shape index (κ1) is 15.4. The number of carbonyl (C=O) groups is 1. The second-order valence-electron chi connectivity index (χ2n) is 4.69. The number of carbonyl (C=O) groups excluding carboxylic acids is 1. The zero-order valence-corrected chi connectivity index (χ0v) is 11.7. The summed E-state index contributed by atoms with van der Waals surface area (Å²) in [7, 11) is 0. The maximum absolute atomic E-state index is 14.0. The van der Waals surface area contributed by atoms with Crippen LogP contribution in [0.1, 0.15) is 26.3 Å². The van der Waals surface area contributed by atoms with E-state index in [1.165, 1.54) is 6.07 Å². The van der Waals surface area contributed by atoms with Crippen molar-refractivity contribution >= 4 is 11.6 Å². The van der Waals surface area contributed by atoms with Gasteiger partial charge in [-0.15, -0.1) is 0 Å². The Labute approximate surface area is 113 Å². The van der Waals surface area contributed by atoms with Crippen LogP contribution >= 0.6 is 0 Å². The lowest BCUT2D eigenvalue weighted by Gasteiger charge is -2.25. The first-order chi connectivity index (χ1) is 8.99. The fourth-order valence-corrected chi connectivity index (χ4v) is 1.97. The van der Waals surface area contributed by atoms with Gasteiger partial charge in [-0.3, -0.25) is 4.79 Å². The smallest absolute Gasteiger partial charge is 0.239 e. The van der Waals surface area contributed by atoms with E-state index < -0.39 is 0 Å². The van der Waals surface area contributed by atoms with Gasteiger partial charge in [0.1, 0.15) is 5.82 Å². The second kappa shape index (κ2) is 7.09. The summed E-state index contributed by atoms with van der Waals surface area (Å²) in [6, 6.07) is 4.86. The topological polar surface area (TPSA) is 58.4 Å². The summed E-state index contributed by atoms with van der Waals surface area (Å²) < 4.78 is 14.0. The first-order valence-electron chi connectivity index (χ1n) is 6.51. The number of nitrogens with one attached hydrogen (secondary N) is 1. The highest BCUT2D eigenvalue weighted by atomic mass is 19.1. The van der Waals surface area contributed by atoms with Crippen LogP contribution in [0, 0.1) is 5.82 Å². The van der Waals surface area contributed by atoms with E-state index in [9.17, 15) is 9.18 Å². The van der Waals surface area contributed by atoms with Gasteiger partial charge in [0.25, 0.3) is 0 Å². The molecule has 0 aliphatic heterocycles. The van der Waals surface area contributed by atoms with Crippen LogP contribution in [0.2, 0.25) is 0 Å². The minimum Gasteiger partial charge on any atom is -0.360 e. The molecule has 19 heavy (non-hydrogen) atoms. The summed E-state index contributed by atoms with van der Waals surface area (Å²) in [5.41, 5.74) is 6.76. The first-order valence-corrected chi connectivity index (χ1v) is 6.51. The van der Waals surface area contributed by atoms with Crippen molar-refractivity contribution in [2.24, 2.45) is 5.73 Å². The molecular weight excluding hydrogens is 245 g/mol. The summed E-state index contributed by atoms with van der Waals surface area (Å²) in [4.78, 5) is 13.5. The number of hydrogen-bond donors (Lipinski definition) is 2. The summed E-state index contributed by atoms with van der Waals surface area (Å²) >= 11 is 0. The highest BCUT2D eigenvalue weighted by molar-refractivity contribution is 5.82. The van der Waals surface area contributed by atoms with Crippen LogP contribution in [0.15, 0.2) is 18.2 Å². The van der Waals surface area contributed by atoms with Crippen molar-refractivity contribution in [2.45, 2.75) is 33.4 Å². The Balaban J connectivity index is 2.94. The predicted molar refractivity (Wildman–Crippen MR) is 75.5 cm³/mol. The molecule has 0 aliphatic rings. The number of benzene rings is 1. The molecule has 106 valence electrons. The highest BCUT2D eigenvalue weighted by Crippen LogP contribution is 2.23. The quantitative estimate of drug-likeness (QED) is 0.823. The number of amides is 1. The molecule has 0 bridgehead atoms. The van der Waals surface area contributed by atoms with E-state index in [0.717, 1.165) is 0 Å². The van der Waals surface area contributed by atoms with Gasteiger partial charge < -0.3 is 16.0 Å². The average molecular weight is 267 g/mol. The molecule has 0 aliphatic carbocycles. The van der Waals surface area contributed by atoms with Gasteiger partial charge in [0, 0.05) is 19.1 Å². The number of nitrogens with zero attached hydrogens (tertiary/aromatic N) is 1. The van der Waals surface area contributed by atoms with Gasteiger partial charge in [-0.25, -0.2) is 4.39 Å². The molecule has 0 saturated carbocycles. The maximum atomic E-state index is 14.0. The molecule has 1 aromatic rings. The minimum atomic E-state index is -0.345. The van der Waals surface area contributed by atoms with Gasteiger partial charge in [0.2, 0.25) is 5.91 Å². The fourth-order valence-electron chi connectivity index (χ4n) is 1.97. The van der Waals surface area contributed by atoms with E-state index in [1.54, 1.807) is 17.0 Å². The molecule has 0 fully saturated rings. The van der Waals surface area contributed by atoms with E-state index in [2.05, 4.69) is 5.32 Å². The van der Waals surface area contributed by atoms with E-state index >= 15 is 0 Å². The normalized spacial score (nSPS) is 10.6. The van der Waals surface area contributed by atoms with Crippen LogP contribution in [0.25, 0.3) is 0 Å². The number of likely N-dealkylation sites (N-methyl/N-ethyl adjacent to an activating group) is 1. The molecule has 4 nitrogen and oxygen atoms in total. The second-order valence-corrected chi connectivity index (χ2v) is 4.69. The molecule has 0 spiro atoms. The number of para-hydroxylation sites is 1.